The molecule has 2 fully saturated rings. The van der Waals surface area contributed by atoms with Gasteiger partial charge in [-0.25, -0.2) is 14.2 Å². The van der Waals surface area contributed by atoms with Crippen LogP contribution in [0.2, 0.25) is 0 Å². The van der Waals surface area contributed by atoms with Crippen LogP contribution >= 0.6 is 0 Å². The van der Waals surface area contributed by atoms with Crippen molar-refractivity contribution in [3.8, 4) is 11.9 Å². The smallest absolute Gasteiger partial charge is 0.335 e. The van der Waals surface area contributed by atoms with E-state index < -0.39 is 11.8 Å². The lowest BCUT2D eigenvalue weighted by Gasteiger charge is -2.32. The van der Waals surface area contributed by atoms with Gasteiger partial charge in [0, 0.05) is 37.5 Å². The molecule has 4 heterocycles. The van der Waals surface area contributed by atoms with Crippen LogP contribution in [0.1, 0.15) is 59.0 Å². The monoisotopic (exact) mass is 575 g/mol. The molecular formula is C30H34FN7O4. The molecule has 0 amide bonds. The lowest BCUT2D eigenvalue weighted by molar-refractivity contribution is 0.0697. The molecule has 0 radical (unpaired) electrons. The van der Waals surface area contributed by atoms with E-state index in [4.69, 9.17) is 19.7 Å². The number of aromatic carboxylic acids is 1. The normalized spacial score (nSPS) is 17.7. The molecule has 220 valence electrons. The minimum Gasteiger partial charge on any atom is -0.478 e. The SMILES string of the molecule is N.N#Cc1ccc(COc2ccn(C3CCN(Cc4nc5ccc(C(=O)O)cc5n4C[C@@H]4CCCO4)CC3)n2)c(F)c1. The van der Waals surface area contributed by atoms with Gasteiger partial charge in [-0.3, -0.25) is 9.58 Å². The van der Waals surface area contributed by atoms with E-state index in [1.54, 1.807) is 36.4 Å². The first kappa shape index (κ1) is 29.2. The first-order valence-corrected chi connectivity index (χ1v) is 13.9. The molecule has 1 atom stereocenters. The van der Waals surface area contributed by atoms with E-state index >= 15 is 0 Å². The first-order chi connectivity index (χ1) is 20.0. The Labute approximate surface area is 242 Å². The highest BCUT2D eigenvalue weighted by Crippen LogP contribution is 2.27. The van der Waals surface area contributed by atoms with Crippen LogP contribution < -0.4 is 10.9 Å². The minimum absolute atomic E-state index is 0. The Kier molecular flexibility index (Phi) is 8.82. The molecule has 42 heavy (non-hydrogen) atoms. The zero-order valence-corrected chi connectivity index (χ0v) is 23.3. The van der Waals surface area contributed by atoms with Gasteiger partial charge in [0.15, 0.2) is 0 Å². The van der Waals surface area contributed by atoms with Crippen LogP contribution in [0.5, 0.6) is 5.88 Å². The summed E-state index contributed by atoms with van der Waals surface area (Å²) in [6.07, 6.45) is 5.83. The van der Waals surface area contributed by atoms with Gasteiger partial charge in [-0.2, -0.15) is 5.26 Å². The summed E-state index contributed by atoms with van der Waals surface area (Å²) in [6, 6.07) is 13.4. The molecule has 0 aliphatic carbocycles. The van der Waals surface area contributed by atoms with E-state index in [1.807, 2.05) is 16.9 Å². The Hall–Kier alpha value is -4.31. The van der Waals surface area contributed by atoms with E-state index in [2.05, 4.69) is 14.6 Å². The molecule has 0 saturated carbocycles. The topological polar surface area (TPSA) is 153 Å². The Morgan fingerprint density at radius 2 is 2.00 bits per heavy atom. The molecule has 2 aromatic heterocycles. The van der Waals surface area contributed by atoms with E-state index in [9.17, 15) is 14.3 Å². The van der Waals surface area contributed by atoms with Crippen LogP contribution in [0.25, 0.3) is 11.0 Å². The maximum Gasteiger partial charge on any atom is 0.335 e. The molecule has 12 heteroatoms. The van der Waals surface area contributed by atoms with E-state index in [-0.39, 0.29) is 36.0 Å². The minimum atomic E-state index is -0.950. The number of carboxylic acid groups (broad SMARTS) is 1. The Morgan fingerprint density at radius 1 is 1.17 bits per heavy atom. The number of hydrogen-bond donors (Lipinski definition) is 2. The summed E-state index contributed by atoms with van der Waals surface area (Å²) in [5, 5.41) is 23.0. The number of carbonyl (C=O) groups is 1. The third-order valence-corrected chi connectivity index (χ3v) is 7.92. The number of carboxylic acids is 1. The Bertz CT molecular complexity index is 1600. The number of nitrogens with zero attached hydrogens (tertiary/aromatic N) is 6. The van der Waals surface area contributed by atoms with E-state index in [0.717, 1.165) is 62.2 Å². The fourth-order valence-corrected chi connectivity index (χ4v) is 5.65. The van der Waals surface area contributed by atoms with Crippen LogP contribution in [0.3, 0.4) is 0 Å². The quantitative estimate of drug-likeness (QED) is 0.289. The first-order valence-electron chi connectivity index (χ1n) is 13.9. The Balaban J connectivity index is 0.00000353. The second-order valence-electron chi connectivity index (χ2n) is 10.6. The number of halogens is 1. The van der Waals surface area contributed by atoms with Gasteiger partial charge in [0.2, 0.25) is 5.88 Å². The average Bonchev–Trinajstić information content (AvgIpc) is 3.74. The number of benzene rings is 2. The molecule has 4 aromatic rings. The van der Waals surface area contributed by atoms with Gasteiger partial charge >= 0.3 is 5.97 Å². The number of fused-ring (bicyclic) bond motifs is 1. The Morgan fingerprint density at radius 3 is 2.71 bits per heavy atom. The number of aromatic nitrogens is 4. The van der Waals surface area contributed by atoms with Gasteiger partial charge < -0.3 is 25.3 Å². The molecule has 4 N–H and O–H groups in total. The summed E-state index contributed by atoms with van der Waals surface area (Å²) < 4.78 is 29.8. The average molecular weight is 576 g/mol. The number of rotatable bonds is 9. The van der Waals surface area contributed by atoms with Crippen LogP contribution in [0.4, 0.5) is 4.39 Å². The number of piperidine rings is 1. The highest BCUT2D eigenvalue weighted by Gasteiger charge is 2.25. The molecule has 2 aromatic carbocycles. The van der Waals surface area contributed by atoms with Crippen molar-refractivity contribution >= 4 is 17.0 Å². The van der Waals surface area contributed by atoms with Crippen LogP contribution in [0.15, 0.2) is 48.7 Å². The second-order valence-corrected chi connectivity index (χ2v) is 10.6. The fraction of sp³-hybridized carbons (Fsp3) is 0.400. The van der Waals surface area contributed by atoms with Crippen molar-refractivity contribution in [2.24, 2.45) is 0 Å². The van der Waals surface area contributed by atoms with Crippen molar-refractivity contribution in [1.29, 1.82) is 5.26 Å². The maximum atomic E-state index is 14.2. The number of imidazole rings is 1. The molecular weight excluding hydrogens is 541 g/mol. The van der Waals surface area contributed by atoms with Crippen LogP contribution in [-0.4, -0.2) is 61.1 Å². The van der Waals surface area contributed by atoms with Crippen molar-refractivity contribution in [3.63, 3.8) is 0 Å². The molecule has 0 bridgehead atoms. The molecule has 0 spiro atoms. The van der Waals surface area contributed by atoms with Gasteiger partial charge in [-0.05, 0) is 56.0 Å². The highest BCUT2D eigenvalue weighted by atomic mass is 19.1. The lowest BCUT2D eigenvalue weighted by atomic mass is 10.1. The highest BCUT2D eigenvalue weighted by molar-refractivity contribution is 5.92. The van der Waals surface area contributed by atoms with Gasteiger partial charge in [0.1, 0.15) is 18.2 Å². The van der Waals surface area contributed by atoms with Crippen LogP contribution in [-0.2, 0) is 24.4 Å². The number of ether oxygens (including phenoxy) is 2. The number of hydrogen-bond acceptors (Lipinski definition) is 8. The van der Waals surface area contributed by atoms with E-state index in [0.29, 0.717) is 24.5 Å². The van der Waals surface area contributed by atoms with E-state index in [1.165, 1.54) is 6.07 Å². The predicted molar refractivity (Wildman–Crippen MR) is 152 cm³/mol. The summed E-state index contributed by atoms with van der Waals surface area (Å²) >= 11 is 0. The summed E-state index contributed by atoms with van der Waals surface area (Å²) in [7, 11) is 0. The molecule has 0 unspecified atom stereocenters. The van der Waals surface area contributed by atoms with Crippen molar-refractivity contribution in [3.05, 3.63) is 77.0 Å². The maximum absolute atomic E-state index is 14.2. The second kappa shape index (κ2) is 12.7. The van der Waals surface area contributed by atoms with Crippen molar-refractivity contribution in [1.82, 2.24) is 30.4 Å². The molecule has 6 rings (SSSR count). The third kappa shape index (κ3) is 6.28. The summed E-state index contributed by atoms with van der Waals surface area (Å²) in [5.74, 6) is -0.0717. The number of likely N-dealkylation sites (tertiary alicyclic amines) is 1. The zero-order valence-electron chi connectivity index (χ0n) is 23.3. The molecule has 11 nitrogen and oxygen atoms in total. The van der Waals surface area contributed by atoms with Gasteiger partial charge in [0.25, 0.3) is 0 Å². The lowest BCUT2D eigenvalue weighted by Crippen LogP contribution is -2.35. The van der Waals surface area contributed by atoms with Crippen molar-refractivity contribution < 1.29 is 23.8 Å². The number of nitriles is 1. The van der Waals surface area contributed by atoms with Crippen molar-refractivity contribution in [2.45, 2.75) is 57.5 Å². The molecule has 2 aliphatic heterocycles. The summed E-state index contributed by atoms with van der Waals surface area (Å²) in [5.41, 5.74) is 2.52. The summed E-state index contributed by atoms with van der Waals surface area (Å²) in [6.45, 7) is 3.84. The zero-order chi connectivity index (χ0) is 28.3. The largest absolute Gasteiger partial charge is 0.478 e. The van der Waals surface area contributed by atoms with Gasteiger partial charge in [-0.1, -0.05) is 6.07 Å². The predicted octanol–water partition coefficient (Wildman–Crippen LogP) is 4.70. The van der Waals surface area contributed by atoms with Gasteiger partial charge in [0.05, 0.1) is 53.5 Å². The van der Waals surface area contributed by atoms with Gasteiger partial charge in [-0.15, -0.1) is 5.10 Å². The van der Waals surface area contributed by atoms with Crippen molar-refractivity contribution in [2.75, 3.05) is 19.7 Å². The van der Waals surface area contributed by atoms with Crippen LogP contribution in [0, 0.1) is 17.1 Å². The molecule has 2 saturated heterocycles. The fourth-order valence-electron chi connectivity index (χ4n) is 5.65. The summed E-state index contributed by atoms with van der Waals surface area (Å²) in [4.78, 5) is 18.9. The molecule has 2 aliphatic rings. The standard InChI is InChI=1S/C30H31FN6O4.H3N/c31-25-14-20(16-32)3-4-22(25)19-41-29-9-12-37(34-29)23-7-10-35(11-8-23)18-28-33-26-6-5-21(30(38)39)15-27(26)36(28)17-24-2-1-13-40-24;/h3-6,9,12,14-15,23-24H,1-2,7-8,10-11,13,17-19H2,(H,38,39);1H3/t24-;/m0./s1. The third-order valence-electron chi connectivity index (χ3n) is 7.92.